The predicted molar refractivity (Wildman–Crippen MR) is 116 cm³/mol. The van der Waals surface area contributed by atoms with Crippen LogP contribution in [0.15, 0.2) is 58.4 Å². The normalized spacial score (nSPS) is 18.2. The van der Waals surface area contributed by atoms with Gasteiger partial charge in [-0.05, 0) is 42.5 Å². The van der Waals surface area contributed by atoms with E-state index in [1.807, 2.05) is 6.92 Å². The van der Waals surface area contributed by atoms with Crippen LogP contribution in [0.5, 0.6) is 5.75 Å². The Labute approximate surface area is 183 Å². The lowest BCUT2D eigenvalue weighted by atomic mass is 10.2. The molecule has 2 aromatic rings. The number of hydrogen-bond donors (Lipinski definition) is 0. The molecule has 0 bridgehead atoms. The van der Waals surface area contributed by atoms with Gasteiger partial charge in [-0.2, -0.15) is 8.78 Å². The van der Waals surface area contributed by atoms with Gasteiger partial charge >= 0.3 is 6.61 Å². The minimum absolute atomic E-state index is 0.0384. The summed E-state index contributed by atoms with van der Waals surface area (Å²) >= 11 is 1.39. The second kappa shape index (κ2) is 9.33. The third-order valence-electron chi connectivity index (χ3n) is 4.37. The molecule has 0 unspecified atom stereocenters. The molecule has 3 rings (SSSR count). The van der Waals surface area contributed by atoms with Gasteiger partial charge in [0.1, 0.15) is 5.75 Å². The highest BCUT2D eigenvalue weighted by molar-refractivity contribution is 8.14. The molecule has 11 heteroatoms. The van der Waals surface area contributed by atoms with Crippen LogP contribution in [-0.4, -0.2) is 61.2 Å². The molecule has 1 amide bonds. The first-order chi connectivity index (χ1) is 14.6. The first-order valence-electron chi connectivity index (χ1n) is 9.22. The molecule has 0 N–H and O–H groups in total. The van der Waals surface area contributed by atoms with Crippen molar-refractivity contribution in [2.75, 3.05) is 20.6 Å². The number of halogens is 2. The van der Waals surface area contributed by atoms with Crippen LogP contribution in [0.2, 0.25) is 0 Å². The summed E-state index contributed by atoms with van der Waals surface area (Å²) in [5, 5.41) is 0.516. The van der Waals surface area contributed by atoms with E-state index in [1.54, 1.807) is 12.1 Å². The molecule has 0 spiro atoms. The molecular formula is C20H21F2N3O4S2. The van der Waals surface area contributed by atoms with Crippen molar-refractivity contribution in [3.05, 3.63) is 54.1 Å². The van der Waals surface area contributed by atoms with Gasteiger partial charge in [-0.25, -0.2) is 17.7 Å². The monoisotopic (exact) mass is 469 g/mol. The van der Waals surface area contributed by atoms with Gasteiger partial charge < -0.3 is 4.74 Å². The Morgan fingerprint density at radius 1 is 1.23 bits per heavy atom. The number of sulfonamides is 1. The van der Waals surface area contributed by atoms with E-state index in [2.05, 4.69) is 9.73 Å². The van der Waals surface area contributed by atoms with E-state index in [0.717, 1.165) is 4.31 Å². The number of carbonyl (C=O) groups is 1. The van der Waals surface area contributed by atoms with Crippen LogP contribution in [0.1, 0.15) is 17.3 Å². The summed E-state index contributed by atoms with van der Waals surface area (Å²) in [6, 6.07) is 11.6. The average molecular weight is 470 g/mol. The van der Waals surface area contributed by atoms with E-state index >= 15 is 0 Å². The van der Waals surface area contributed by atoms with Crippen molar-refractivity contribution < 1.29 is 26.7 Å². The van der Waals surface area contributed by atoms with E-state index in [4.69, 9.17) is 0 Å². The van der Waals surface area contributed by atoms with Gasteiger partial charge in [-0.15, -0.1) is 0 Å². The van der Waals surface area contributed by atoms with Crippen molar-refractivity contribution in [3.8, 4) is 5.75 Å². The Bertz CT molecular complexity index is 1090. The van der Waals surface area contributed by atoms with E-state index in [-0.39, 0.29) is 21.8 Å². The molecule has 166 valence electrons. The summed E-state index contributed by atoms with van der Waals surface area (Å²) in [6.07, 6.45) is 0. The highest BCUT2D eigenvalue weighted by Crippen LogP contribution is 2.30. The molecular weight excluding hydrogens is 448 g/mol. The van der Waals surface area contributed by atoms with Gasteiger partial charge in [0.05, 0.1) is 10.6 Å². The zero-order valence-electron chi connectivity index (χ0n) is 17.0. The number of nitrogens with zero attached hydrogens (tertiary/aromatic N) is 3. The highest BCUT2D eigenvalue weighted by atomic mass is 32.2. The third kappa shape index (κ3) is 5.41. The van der Waals surface area contributed by atoms with Crippen LogP contribution in [0, 0.1) is 0 Å². The number of rotatable bonds is 6. The summed E-state index contributed by atoms with van der Waals surface area (Å²) in [4.78, 5) is 19.1. The standard InChI is InChI=1S/C20H21F2N3O4S2/c1-13-12-25(18(26)14-7-9-16(10-8-14)29-19(21)22)20(30-13)23-15-5-4-6-17(11-15)31(27,28)24(2)3/h4-11,13,19H,12H2,1-3H3/t13-/m1/s1. The maximum absolute atomic E-state index is 13.0. The molecule has 1 heterocycles. The maximum atomic E-state index is 13.0. The van der Waals surface area contributed by atoms with E-state index in [0.29, 0.717) is 23.0 Å². The van der Waals surface area contributed by atoms with Crippen LogP contribution in [0.4, 0.5) is 14.5 Å². The molecule has 1 aliphatic rings. The fraction of sp³-hybridized carbons (Fsp3) is 0.300. The van der Waals surface area contributed by atoms with Gasteiger partial charge in [0.25, 0.3) is 5.91 Å². The van der Waals surface area contributed by atoms with Gasteiger partial charge in [0, 0.05) is 31.5 Å². The van der Waals surface area contributed by atoms with Crippen molar-refractivity contribution in [2.24, 2.45) is 4.99 Å². The van der Waals surface area contributed by atoms with E-state index in [9.17, 15) is 22.0 Å². The number of aliphatic imine (C=N–C) groups is 1. The minimum Gasteiger partial charge on any atom is -0.435 e. The fourth-order valence-corrected chi connectivity index (χ4v) is 4.81. The molecule has 1 fully saturated rings. The smallest absolute Gasteiger partial charge is 0.387 e. The van der Waals surface area contributed by atoms with Gasteiger partial charge in [-0.3, -0.25) is 9.69 Å². The summed E-state index contributed by atoms with van der Waals surface area (Å²) in [7, 11) is -0.728. The number of ether oxygens (including phenoxy) is 1. The molecule has 1 atom stereocenters. The Kier molecular flexibility index (Phi) is 6.97. The largest absolute Gasteiger partial charge is 0.435 e. The maximum Gasteiger partial charge on any atom is 0.387 e. The van der Waals surface area contributed by atoms with Crippen LogP contribution in [-0.2, 0) is 10.0 Å². The molecule has 1 aliphatic heterocycles. The highest BCUT2D eigenvalue weighted by Gasteiger charge is 2.31. The SMILES string of the molecule is C[C@@H]1CN(C(=O)c2ccc(OC(F)F)cc2)C(=Nc2cccc(S(=O)(=O)N(C)C)c2)S1. The number of thioether (sulfide) groups is 1. The Balaban J connectivity index is 1.88. The Morgan fingerprint density at radius 2 is 1.90 bits per heavy atom. The second-order valence-electron chi connectivity index (χ2n) is 6.93. The third-order valence-corrected chi connectivity index (χ3v) is 7.25. The number of alkyl halides is 2. The molecule has 0 radical (unpaired) electrons. The molecule has 0 saturated carbocycles. The zero-order valence-corrected chi connectivity index (χ0v) is 18.7. The van der Waals surface area contributed by atoms with Crippen molar-refractivity contribution in [1.29, 1.82) is 0 Å². The van der Waals surface area contributed by atoms with E-state index < -0.39 is 16.6 Å². The predicted octanol–water partition coefficient (Wildman–Crippen LogP) is 3.80. The molecule has 31 heavy (non-hydrogen) atoms. The van der Waals surface area contributed by atoms with Gasteiger partial charge in [0.15, 0.2) is 5.17 Å². The van der Waals surface area contributed by atoms with Crippen molar-refractivity contribution in [2.45, 2.75) is 23.7 Å². The van der Waals surface area contributed by atoms with Gasteiger partial charge in [-0.1, -0.05) is 24.8 Å². The Morgan fingerprint density at radius 3 is 2.52 bits per heavy atom. The lowest BCUT2D eigenvalue weighted by molar-refractivity contribution is -0.0498. The van der Waals surface area contributed by atoms with Crippen LogP contribution in [0.25, 0.3) is 0 Å². The molecule has 2 aromatic carbocycles. The van der Waals surface area contributed by atoms with Crippen LogP contribution < -0.4 is 4.74 Å². The first kappa shape index (κ1) is 23.2. The topological polar surface area (TPSA) is 79.3 Å². The molecule has 7 nitrogen and oxygen atoms in total. The number of benzene rings is 2. The fourth-order valence-electron chi connectivity index (χ4n) is 2.84. The first-order valence-corrected chi connectivity index (χ1v) is 11.5. The summed E-state index contributed by atoms with van der Waals surface area (Å²) in [5.41, 5.74) is 0.700. The van der Waals surface area contributed by atoms with Crippen molar-refractivity contribution in [3.63, 3.8) is 0 Å². The molecule has 1 saturated heterocycles. The van der Waals surface area contributed by atoms with Crippen molar-refractivity contribution in [1.82, 2.24) is 9.21 Å². The Hall–Kier alpha value is -2.50. The summed E-state index contributed by atoms with van der Waals surface area (Å²) in [5.74, 6) is -0.375. The lowest BCUT2D eigenvalue weighted by Gasteiger charge is -2.17. The molecule has 0 aromatic heterocycles. The van der Waals surface area contributed by atoms with E-state index in [1.165, 1.54) is 67.2 Å². The average Bonchev–Trinajstić information content (AvgIpc) is 3.07. The summed E-state index contributed by atoms with van der Waals surface area (Å²) in [6.45, 7) is -0.587. The number of hydrogen-bond acceptors (Lipinski definition) is 6. The quantitative estimate of drug-likeness (QED) is 0.643. The van der Waals surface area contributed by atoms with Crippen LogP contribution in [0.3, 0.4) is 0 Å². The number of amides is 1. The lowest BCUT2D eigenvalue weighted by Crippen LogP contribution is -2.32. The van der Waals surface area contributed by atoms with Crippen LogP contribution >= 0.6 is 11.8 Å². The van der Waals surface area contributed by atoms with Gasteiger partial charge in [0.2, 0.25) is 10.0 Å². The zero-order chi connectivity index (χ0) is 22.8. The number of amidine groups is 1. The van der Waals surface area contributed by atoms with Crippen molar-refractivity contribution >= 4 is 38.5 Å². The molecule has 0 aliphatic carbocycles. The minimum atomic E-state index is -3.62. The number of carbonyl (C=O) groups excluding carboxylic acids is 1. The second-order valence-corrected chi connectivity index (χ2v) is 10.5. The summed E-state index contributed by atoms with van der Waals surface area (Å²) < 4.78 is 54.8.